The summed E-state index contributed by atoms with van der Waals surface area (Å²) in [5.74, 6) is 0.508. The molecule has 1 N–H and O–H groups in total. The standard InChI is InChI=1S/C17H20O3/c18-16-15-11-7-3-1-2-4-8-12(11)17(15,19)13-9-5-6-10-14(13)20-16/h5-6,9-12,15,19H,1-4,7-8H2/t11-,12+,15+,17+/m0/s1. The molecule has 2 saturated carbocycles. The maximum atomic E-state index is 12.3. The van der Waals surface area contributed by atoms with E-state index in [2.05, 4.69) is 0 Å². The van der Waals surface area contributed by atoms with Crippen LogP contribution < -0.4 is 4.74 Å². The van der Waals surface area contributed by atoms with E-state index >= 15 is 0 Å². The zero-order valence-electron chi connectivity index (χ0n) is 11.5. The average Bonchev–Trinajstić information content (AvgIpc) is 2.40. The van der Waals surface area contributed by atoms with E-state index in [9.17, 15) is 9.90 Å². The summed E-state index contributed by atoms with van der Waals surface area (Å²) >= 11 is 0. The number of benzene rings is 1. The molecule has 0 unspecified atom stereocenters. The van der Waals surface area contributed by atoms with Crippen LogP contribution in [0.1, 0.15) is 44.1 Å². The molecule has 3 aliphatic rings. The number of hydrogen-bond donors (Lipinski definition) is 1. The minimum Gasteiger partial charge on any atom is -0.426 e. The molecule has 3 heteroatoms. The van der Waals surface area contributed by atoms with Gasteiger partial charge >= 0.3 is 5.97 Å². The summed E-state index contributed by atoms with van der Waals surface area (Å²) in [6, 6.07) is 7.48. The van der Waals surface area contributed by atoms with Crippen molar-refractivity contribution in [2.45, 2.75) is 44.1 Å². The van der Waals surface area contributed by atoms with Gasteiger partial charge in [-0.15, -0.1) is 0 Å². The Morgan fingerprint density at radius 2 is 1.85 bits per heavy atom. The second-order valence-corrected chi connectivity index (χ2v) is 6.48. The first-order valence-electron chi connectivity index (χ1n) is 7.76. The Balaban J connectivity index is 1.78. The number of fused-ring (bicyclic) bond motifs is 6. The summed E-state index contributed by atoms with van der Waals surface area (Å²) in [4.78, 5) is 12.3. The molecule has 3 nitrogen and oxygen atoms in total. The molecule has 4 atom stereocenters. The molecule has 20 heavy (non-hydrogen) atoms. The van der Waals surface area contributed by atoms with Crippen LogP contribution in [0.15, 0.2) is 24.3 Å². The minimum atomic E-state index is -0.978. The Labute approximate surface area is 118 Å². The summed E-state index contributed by atoms with van der Waals surface area (Å²) in [7, 11) is 0. The zero-order valence-corrected chi connectivity index (χ0v) is 11.5. The monoisotopic (exact) mass is 272 g/mol. The fourth-order valence-corrected chi connectivity index (χ4v) is 4.68. The molecule has 4 rings (SSSR count). The van der Waals surface area contributed by atoms with Crippen molar-refractivity contribution in [3.05, 3.63) is 29.8 Å². The van der Waals surface area contributed by atoms with Crippen molar-refractivity contribution in [1.82, 2.24) is 0 Å². The van der Waals surface area contributed by atoms with E-state index in [4.69, 9.17) is 4.74 Å². The molecule has 0 amide bonds. The smallest absolute Gasteiger partial charge is 0.317 e. The number of rotatable bonds is 0. The topological polar surface area (TPSA) is 46.5 Å². The Hall–Kier alpha value is -1.35. The van der Waals surface area contributed by atoms with Crippen LogP contribution in [0.4, 0.5) is 0 Å². The molecule has 1 aliphatic heterocycles. The van der Waals surface area contributed by atoms with E-state index in [1.165, 1.54) is 19.3 Å². The van der Waals surface area contributed by atoms with Gasteiger partial charge in [0.15, 0.2) is 0 Å². The van der Waals surface area contributed by atoms with Crippen molar-refractivity contribution < 1.29 is 14.6 Å². The molecule has 1 aromatic rings. The molecular formula is C17H20O3. The molecule has 0 radical (unpaired) electrons. The SMILES string of the molecule is O=C1Oc2ccccc2[C@]2(O)[C@@H]3CCCCCC[C@@H]3[C@H]12. The fourth-order valence-electron chi connectivity index (χ4n) is 4.68. The van der Waals surface area contributed by atoms with Gasteiger partial charge in [0, 0.05) is 5.56 Å². The minimum absolute atomic E-state index is 0.224. The molecule has 1 heterocycles. The molecule has 2 aliphatic carbocycles. The lowest BCUT2D eigenvalue weighted by Crippen LogP contribution is -2.65. The highest BCUT2D eigenvalue weighted by Crippen LogP contribution is 2.63. The summed E-state index contributed by atoms with van der Waals surface area (Å²) in [5, 5.41) is 11.3. The van der Waals surface area contributed by atoms with Gasteiger partial charge in [0.25, 0.3) is 0 Å². The van der Waals surface area contributed by atoms with E-state index in [1.807, 2.05) is 18.2 Å². The largest absolute Gasteiger partial charge is 0.426 e. The predicted octanol–water partition coefficient (Wildman–Crippen LogP) is 3.01. The van der Waals surface area contributed by atoms with Gasteiger partial charge in [-0.1, -0.05) is 43.9 Å². The van der Waals surface area contributed by atoms with Crippen molar-refractivity contribution in [3.8, 4) is 5.75 Å². The van der Waals surface area contributed by atoms with E-state index in [0.29, 0.717) is 11.7 Å². The maximum absolute atomic E-state index is 12.3. The van der Waals surface area contributed by atoms with Crippen molar-refractivity contribution in [2.75, 3.05) is 0 Å². The third-order valence-corrected chi connectivity index (χ3v) is 5.57. The Bertz CT molecular complexity index is 553. The normalized spacial score (nSPS) is 39.2. The van der Waals surface area contributed by atoms with Gasteiger partial charge in [-0.3, -0.25) is 4.79 Å². The van der Waals surface area contributed by atoms with Crippen LogP contribution >= 0.6 is 0 Å². The lowest BCUT2D eigenvalue weighted by molar-refractivity contribution is -0.229. The van der Waals surface area contributed by atoms with Gasteiger partial charge in [0.1, 0.15) is 11.4 Å². The number of carbonyl (C=O) groups excluding carboxylic acids is 1. The average molecular weight is 272 g/mol. The fraction of sp³-hybridized carbons (Fsp3) is 0.588. The van der Waals surface area contributed by atoms with Gasteiger partial charge < -0.3 is 9.84 Å². The maximum Gasteiger partial charge on any atom is 0.317 e. The Kier molecular flexibility index (Phi) is 2.68. The highest BCUT2D eigenvalue weighted by Gasteiger charge is 2.67. The van der Waals surface area contributed by atoms with Crippen LogP contribution in [0.25, 0.3) is 0 Å². The first-order valence-corrected chi connectivity index (χ1v) is 7.76. The lowest BCUT2D eigenvalue weighted by Gasteiger charge is -2.60. The van der Waals surface area contributed by atoms with Crippen molar-refractivity contribution in [2.24, 2.45) is 17.8 Å². The molecule has 1 aromatic carbocycles. The molecule has 0 saturated heterocycles. The van der Waals surface area contributed by atoms with E-state index in [-0.39, 0.29) is 17.8 Å². The number of ether oxygens (including phenoxy) is 1. The van der Waals surface area contributed by atoms with Gasteiger partial charge in [0.2, 0.25) is 0 Å². The molecule has 106 valence electrons. The third kappa shape index (κ3) is 1.47. The number of esters is 1. The quantitative estimate of drug-likeness (QED) is 0.583. The summed E-state index contributed by atoms with van der Waals surface area (Å²) in [6.07, 6.45) is 6.90. The van der Waals surface area contributed by atoms with Crippen LogP contribution in [0.3, 0.4) is 0 Å². The van der Waals surface area contributed by atoms with Gasteiger partial charge in [-0.25, -0.2) is 0 Å². The van der Waals surface area contributed by atoms with Crippen molar-refractivity contribution in [1.29, 1.82) is 0 Å². The van der Waals surface area contributed by atoms with Crippen LogP contribution in [0.5, 0.6) is 5.75 Å². The Morgan fingerprint density at radius 1 is 1.10 bits per heavy atom. The highest BCUT2D eigenvalue weighted by atomic mass is 16.5. The van der Waals surface area contributed by atoms with E-state index in [1.54, 1.807) is 6.07 Å². The van der Waals surface area contributed by atoms with Crippen LogP contribution in [0.2, 0.25) is 0 Å². The van der Waals surface area contributed by atoms with Gasteiger partial charge in [-0.05, 0) is 30.7 Å². The third-order valence-electron chi connectivity index (χ3n) is 5.57. The first-order chi connectivity index (χ1) is 9.73. The van der Waals surface area contributed by atoms with Crippen LogP contribution in [0, 0.1) is 17.8 Å². The number of hydrogen-bond acceptors (Lipinski definition) is 3. The Morgan fingerprint density at radius 3 is 2.70 bits per heavy atom. The number of para-hydroxylation sites is 1. The van der Waals surface area contributed by atoms with Gasteiger partial charge in [0.05, 0.1) is 5.92 Å². The summed E-state index contributed by atoms with van der Waals surface area (Å²) in [5.41, 5.74) is -0.153. The van der Waals surface area contributed by atoms with Crippen LogP contribution in [-0.2, 0) is 10.4 Å². The highest BCUT2D eigenvalue weighted by molar-refractivity contribution is 5.82. The van der Waals surface area contributed by atoms with Crippen LogP contribution in [-0.4, -0.2) is 11.1 Å². The van der Waals surface area contributed by atoms with Gasteiger partial charge in [-0.2, -0.15) is 0 Å². The van der Waals surface area contributed by atoms with Crippen molar-refractivity contribution in [3.63, 3.8) is 0 Å². The van der Waals surface area contributed by atoms with E-state index in [0.717, 1.165) is 24.8 Å². The second kappa shape index (κ2) is 4.32. The number of aliphatic hydroxyl groups is 1. The molecule has 2 fully saturated rings. The molecule has 0 bridgehead atoms. The predicted molar refractivity (Wildman–Crippen MR) is 74.1 cm³/mol. The number of carbonyl (C=O) groups is 1. The zero-order chi connectivity index (χ0) is 13.7. The molecular weight excluding hydrogens is 252 g/mol. The summed E-state index contributed by atoms with van der Waals surface area (Å²) in [6.45, 7) is 0. The second-order valence-electron chi connectivity index (χ2n) is 6.48. The summed E-state index contributed by atoms with van der Waals surface area (Å²) < 4.78 is 5.45. The molecule has 0 aromatic heterocycles. The molecule has 0 spiro atoms. The van der Waals surface area contributed by atoms with Crippen molar-refractivity contribution >= 4 is 5.97 Å². The lowest BCUT2D eigenvalue weighted by atomic mass is 9.47. The first kappa shape index (κ1) is 12.4. The van der Waals surface area contributed by atoms with E-state index < -0.39 is 5.60 Å².